The van der Waals surface area contributed by atoms with Crippen molar-refractivity contribution in [1.29, 1.82) is 0 Å². The molecular formula is C19H28N6. The molecule has 2 aliphatic carbocycles. The Labute approximate surface area is 149 Å². The third kappa shape index (κ3) is 2.62. The van der Waals surface area contributed by atoms with Crippen molar-refractivity contribution < 1.29 is 0 Å². The smallest absolute Gasteiger partial charge is 0.147 e. The Morgan fingerprint density at radius 1 is 1.04 bits per heavy atom. The van der Waals surface area contributed by atoms with E-state index in [4.69, 9.17) is 0 Å². The Bertz CT molecular complexity index is 795. The molecule has 2 aromatic rings. The molecule has 0 bridgehead atoms. The molecule has 6 heteroatoms. The van der Waals surface area contributed by atoms with Crippen molar-refractivity contribution in [3.8, 4) is 0 Å². The molecule has 134 valence electrons. The van der Waals surface area contributed by atoms with Gasteiger partial charge in [-0.3, -0.25) is 9.58 Å². The minimum atomic E-state index is 0.474. The van der Waals surface area contributed by atoms with E-state index < -0.39 is 0 Å². The second-order valence-electron chi connectivity index (χ2n) is 8.19. The van der Waals surface area contributed by atoms with Crippen molar-refractivity contribution in [3.63, 3.8) is 0 Å². The molecule has 5 rings (SSSR count). The quantitative estimate of drug-likeness (QED) is 0.839. The van der Waals surface area contributed by atoms with Crippen LogP contribution in [-0.2, 0) is 13.6 Å². The second-order valence-corrected chi connectivity index (χ2v) is 8.19. The Balaban J connectivity index is 1.44. The highest BCUT2D eigenvalue weighted by Gasteiger charge is 2.38. The third-order valence-electron chi connectivity index (χ3n) is 6.25. The minimum Gasteiger partial charge on any atom is -0.311 e. The van der Waals surface area contributed by atoms with Gasteiger partial charge >= 0.3 is 0 Å². The molecule has 0 radical (unpaired) electrons. The third-order valence-corrected chi connectivity index (χ3v) is 6.25. The predicted octanol–water partition coefficient (Wildman–Crippen LogP) is 3.18. The Hall–Kier alpha value is -1.69. The number of hydrogen-bond donors (Lipinski definition) is 0. The average molecular weight is 340 g/mol. The van der Waals surface area contributed by atoms with Crippen LogP contribution in [0, 0.1) is 13.8 Å². The molecule has 1 saturated heterocycles. The van der Waals surface area contributed by atoms with E-state index in [9.17, 15) is 0 Å². The van der Waals surface area contributed by atoms with E-state index in [1.54, 1.807) is 0 Å². The van der Waals surface area contributed by atoms with Crippen LogP contribution in [0.1, 0.15) is 85.1 Å². The lowest BCUT2D eigenvalue weighted by atomic mass is 10.0. The summed E-state index contributed by atoms with van der Waals surface area (Å²) in [4.78, 5) is 2.61. The van der Waals surface area contributed by atoms with E-state index in [1.807, 2.05) is 4.68 Å². The Morgan fingerprint density at radius 2 is 1.84 bits per heavy atom. The second kappa shape index (κ2) is 5.66. The van der Waals surface area contributed by atoms with Crippen LogP contribution >= 0.6 is 0 Å². The van der Waals surface area contributed by atoms with Crippen LogP contribution in [0.3, 0.4) is 0 Å². The number of nitrogens with zero attached hydrogens (tertiary/aromatic N) is 6. The lowest BCUT2D eigenvalue weighted by molar-refractivity contribution is 0.237. The van der Waals surface area contributed by atoms with Crippen LogP contribution in [-0.4, -0.2) is 36.0 Å². The van der Waals surface area contributed by atoms with Crippen molar-refractivity contribution in [2.24, 2.45) is 7.05 Å². The summed E-state index contributed by atoms with van der Waals surface area (Å²) in [5.74, 6) is 3.14. The van der Waals surface area contributed by atoms with E-state index in [1.165, 1.54) is 67.1 Å². The molecule has 3 aliphatic rings. The first-order valence-corrected chi connectivity index (χ1v) is 9.81. The molecule has 0 amide bonds. The van der Waals surface area contributed by atoms with E-state index >= 15 is 0 Å². The van der Waals surface area contributed by atoms with Gasteiger partial charge in [-0.2, -0.15) is 5.10 Å². The zero-order chi connectivity index (χ0) is 17.1. The maximum atomic E-state index is 4.64. The van der Waals surface area contributed by atoms with E-state index in [2.05, 4.69) is 45.7 Å². The topological polar surface area (TPSA) is 51.8 Å². The zero-order valence-electron chi connectivity index (χ0n) is 15.6. The maximum absolute atomic E-state index is 4.64. The van der Waals surface area contributed by atoms with Gasteiger partial charge in [-0.25, -0.2) is 0 Å². The number of aryl methyl sites for hydroxylation is 2. The van der Waals surface area contributed by atoms with Crippen LogP contribution in [0.5, 0.6) is 0 Å². The highest BCUT2D eigenvalue weighted by atomic mass is 15.3. The van der Waals surface area contributed by atoms with Crippen molar-refractivity contribution in [1.82, 2.24) is 29.4 Å². The highest BCUT2D eigenvalue weighted by molar-refractivity contribution is 5.29. The molecule has 3 fully saturated rings. The van der Waals surface area contributed by atoms with E-state index in [0.29, 0.717) is 18.0 Å². The molecule has 0 N–H and O–H groups in total. The normalized spacial score (nSPS) is 24.4. The van der Waals surface area contributed by atoms with Crippen LogP contribution in [0.2, 0.25) is 0 Å². The molecule has 3 heterocycles. The minimum absolute atomic E-state index is 0.474. The summed E-state index contributed by atoms with van der Waals surface area (Å²) in [5.41, 5.74) is 3.91. The van der Waals surface area contributed by atoms with Gasteiger partial charge < -0.3 is 4.57 Å². The van der Waals surface area contributed by atoms with Gasteiger partial charge in [-0.1, -0.05) is 0 Å². The first-order chi connectivity index (χ1) is 12.1. The number of rotatable bonds is 5. The standard InChI is InChI=1S/C19H28N6/c1-12-18(13(2)23(3)22-12)16-5-4-10-24(16)11-17-20-21-19(14-6-7-14)25(17)15-8-9-15/h14-16H,4-11H2,1-3H3. The fraction of sp³-hybridized carbons (Fsp3) is 0.737. The van der Waals surface area contributed by atoms with Gasteiger partial charge in [-0.05, 0) is 58.9 Å². The largest absolute Gasteiger partial charge is 0.311 e. The van der Waals surface area contributed by atoms with Gasteiger partial charge in [0.2, 0.25) is 0 Å². The SMILES string of the molecule is Cc1nn(C)c(C)c1C1CCCN1Cc1nnc(C2CC2)n1C1CC1. The fourth-order valence-electron chi connectivity index (χ4n) is 4.59. The van der Waals surface area contributed by atoms with Crippen LogP contribution in [0.15, 0.2) is 0 Å². The highest BCUT2D eigenvalue weighted by Crippen LogP contribution is 2.45. The van der Waals surface area contributed by atoms with Gasteiger partial charge in [0.25, 0.3) is 0 Å². The van der Waals surface area contributed by atoms with Gasteiger partial charge in [0.1, 0.15) is 11.6 Å². The Kier molecular flexibility index (Phi) is 3.52. The van der Waals surface area contributed by atoms with Gasteiger partial charge in [-0.15, -0.1) is 10.2 Å². The summed E-state index contributed by atoms with van der Waals surface area (Å²) < 4.78 is 4.52. The molecule has 0 spiro atoms. The first-order valence-electron chi connectivity index (χ1n) is 9.81. The lowest BCUT2D eigenvalue weighted by Gasteiger charge is -2.25. The van der Waals surface area contributed by atoms with Crippen LogP contribution in [0.25, 0.3) is 0 Å². The van der Waals surface area contributed by atoms with Crippen LogP contribution < -0.4 is 0 Å². The molecule has 0 aromatic carbocycles. The summed E-state index contributed by atoms with van der Waals surface area (Å²) in [6.45, 7) is 6.42. The first kappa shape index (κ1) is 15.6. The summed E-state index contributed by atoms with van der Waals surface area (Å²) in [6, 6.07) is 1.14. The van der Waals surface area contributed by atoms with Crippen molar-refractivity contribution in [2.45, 2.75) is 76.9 Å². The predicted molar refractivity (Wildman–Crippen MR) is 95.3 cm³/mol. The summed E-state index contributed by atoms with van der Waals surface area (Å²) >= 11 is 0. The monoisotopic (exact) mass is 340 g/mol. The van der Waals surface area contributed by atoms with Crippen molar-refractivity contribution >= 4 is 0 Å². The van der Waals surface area contributed by atoms with Gasteiger partial charge in [0, 0.05) is 36.3 Å². The number of aromatic nitrogens is 5. The average Bonchev–Trinajstić information content (AvgIpc) is 3.50. The fourth-order valence-corrected chi connectivity index (χ4v) is 4.59. The molecule has 1 atom stereocenters. The maximum Gasteiger partial charge on any atom is 0.147 e. The zero-order valence-corrected chi connectivity index (χ0v) is 15.6. The summed E-state index contributed by atoms with van der Waals surface area (Å²) in [6.07, 6.45) is 7.67. The summed E-state index contributed by atoms with van der Waals surface area (Å²) in [5, 5.41) is 13.9. The van der Waals surface area contributed by atoms with E-state index in [-0.39, 0.29) is 0 Å². The molecule has 1 unspecified atom stereocenters. The molecule has 2 aromatic heterocycles. The molecule has 1 aliphatic heterocycles. The number of hydrogen-bond acceptors (Lipinski definition) is 4. The van der Waals surface area contributed by atoms with Crippen molar-refractivity contribution in [3.05, 3.63) is 28.6 Å². The molecule has 6 nitrogen and oxygen atoms in total. The lowest BCUT2D eigenvalue weighted by Crippen LogP contribution is -2.25. The van der Waals surface area contributed by atoms with Gasteiger partial charge in [0.05, 0.1) is 12.2 Å². The van der Waals surface area contributed by atoms with Crippen molar-refractivity contribution in [2.75, 3.05) is 6.54 Å². The van der Waals surface area contributed by atoms with E-state index in [0.717, 1.165) is 13.1 Å². The number of likely N-dealkylation sites (tertiary alicyclic amines) is 1. The molecular weight excluding hydrogens is 312 g/mol. The molecule has 2 saturated carbocycles. The van der Waals surface area contributed by atoms with Gasteiger partial charge in [0.15, 0.2) is 0 Å². The molecule has 25 heavy (non-hydrogen) atoms. The Morgan fingerprint density at radius 3 is 2.48 bits per heavy atom. The van der Waals surface area contributed by atoms with Crippen LogP contribution in [0.4, 0.5) is 0 Å². The summed E-state index contributed by atoms with van der Waals surface area (Å²) in [7, 11) is 2.05.